The van der Waals surface area contributed by atoms with E-state index >= 15 is 0 Å². The van der Waals surface area contributed by atoms with Gasteiger partial charge in [0.1, 0.15) is 0 Å². The quantitative estimate of drug-likeness (QED) is 0.445. The van der Waals surface area contributed by atoms with Gasteiger partial charge in [0.25, 0.3) is 0 Å². The van der Waals surface area contributed by atoms with Crippen LogP contribution < -0.4 is 0 Å². The number of hydrogen-bond donors (Lipinski definition) is 0. The summed E-state index contributed by atoms with van der Waals surface area (Å²) < 4.78 is 2.22. The summed E-state index contributed by atoms with van der Waals surface area (Å²) in [5, 5.41) is 0. The van der Waals surface area contributed by atoms with Gasteiger partial charge in [-0.2, -0.15) is 0 Å². The second-order valence-electron chi connectivity index (χ2n) is 1.68. The van der Waals surface area contributed by atoms with Gasteiger partial charge in [-0.25, -0.2) is 3.11 Å². The van der Waals surface area contributed by atoms with Gasteiger partial charge in [-0.15, -0.1) is 0 Å². The molecule has 0 fully saturated rings. The standard InChI is InChI=1S/C6H8IN/c7-8-5-3-1-2-4-6-8/h1-4H,5-6H2. The summed E-state index contributed by atoms with van der Waals surface area (Å²) in [5.41, 5.74) is 0. The minimum absolute atomic E-state index is 1.06. The Hall–Kier alpha value is 0.170. The molecule has 0 aromatic rings. The van der Waals surface area contributed by atoms with Crippen LogP contribution in [-0.4, -0.2) is 16.2 Å². The highest BCUT2D eigenvalue weighted by Crippen LogP contribution is 2.00. The van der Waals surface area contributed by atoms with Crippen LogP contribution in [0, 0.1) is 0 Å². The predicted octanol–water partition coefficient (Wildman–Crippen LogP) is 1.76. The lowest BCUT2D eigenvalue weighted by atomic mass is 10.5. The molecule has 1 aliphatic rings. The van der Waals surface area contributed by atoms with Gasteiger partial charge in [0.05, 0.1) is 0 Å². The van der Waals surface area contributed by atoms with Crippen LogP contribution in [0.5, 0.6) is 0 Å². The van der Waals surface area contributed by atoms with Crippen LogP contribution in [-0.2, 0) is 0 Å². The Morgan fingerprint density at radius 3 is 2.12 bits per heavy atom. The molecule has 1 rings (SSSR count). The Bertz CT molecular complexity index is 104. The molecule has 0 radical (unpaired) electrons. The minimum atomic E-state index is 1.06. The normalized spacial score (nSPS) is 21.1. The Morgan fingerprint density at radius 2 is 1.62 bits per heavy atom. The first-order valence-corrected chi connectivity index (χ1v) is 3.58. The molecule has 0 N–H and O–H groups in total. The van der Waals surface area contributed by atoms with Crippen molar-refractivity contribution in [1.29, 1.82) is 0 Å². The van der Waals surface area contributed by atoms with Gasteiger partial charge in [0.15, 0.2) is 0 Å². The van der Waals surface area contributed by atoms with Crippen molar-refractivity contribution in [3.63, 3.8) is 0 Å². The lowest BCUT2D eigenvalue weighted by Crippen LogP contribution is -2.08. The lowest BCUT2D eigenvalue weighted by molar-refractivity contribution is 0.629. The van der Waals surface area contributed by atoms with Gasteiger partial charge in [-0.3, -0.25) is 0 Å². The number of rotatable bonds is 0. The molecule has 0 amide bonds. The molecule has 1 heterocycles. The Balaban J connectivity index is 2.45. The van der Waals surface area contributed by atoms with E-state index in [0.717, 1.165) is 13.1 Å². The van der Waals surface area contributed by atoms with E-state index in [1.54, 1.807) is 0 Å². The van der Waals surface area contributed by atoms with Crippen molar-refractivity contribution in [2.45, 2.75) is 0 Å². The maximum Gasteiger partial charge on any atom is 0.0268 e. The number of halogens is 1. The molecule has 0 atom stereocenters. The zero-order valence-electron chi connectivity index (χ0n) is 4.55. The third-order valence-electron chi connectivity index (χ3n) is 0.990. The first kappa shape index (κ1) is 6.29. The van der Waals surface area contributed by atoms with E-state index in [4.69, 9.17) is 0 Å². The SMILES string of the molecule is IN1CC=CC=CC1. The molecule has 0 aliphatic carbocycles. The lowest BCUT2D eigenvalue weighted by Gasteiger charge is -2.04. The summed E-state index contributed by atoms with van der Waals surface area (Å²) in [6.07, 6.45) is 8.46. The van der Waals surface area contributed by atoms with E-state index in [-0.39, 0.29) is 0 Å². The second-order valence-corrected chi connectivity index (χ2v) is 3.05. The third-order valence-corrected chi connectivity index (χ3v) is 1.78. The summed E-state index contributed by atoms with van der Waals surface area (Å²) in [4.78, 5) is 0. The molecule has 0 saturated carbocycles. The molecule has 0 aromatic heterocycles. The highest BCUT2D eigenvalue weighted by atomic mass is 127. The topological polar surface area (TPSA) is 3.24 Å². The van der Waals surface area contributed by atoms with Crippen molar-refractivity contribution in [3.8, 4) is 0 Å². The number of nitrogens with zero attached hydrogens (tertiary/aromatic N) is 1. The van der Waals surface area contributed by atoms with Crippen LogP contribution in [0.15, 0.2) is 24.3 Å². The molecule has 0 aromatic carbocycles. The summed E-state index contributed by atoms with van der Waals surface area (Å²) in [6.45, 7) is 2.13. The van der Waals surface area contributed by atoms with Gasteiger partial charge in [-0.1, -0.05) is 24.3 Å². The fourth-order valence-corrected chi connectivity index (χ4v) is 1.04. The molecule has 0 spiro atoms. The molecule has 0 saturated heterocycles. The highest BCUT2D eigenvalue weighted by molar-refractivity contribution is 14.1. The molecular weight excluding hydrogens is 213 g/mol. The second kappa shape index (κ2) is 3.25. The largest absolute Gasteiger partial charge is 0.240 e. The van der Waals surface area contributed by atoms with Crippen molar-refractivity contribution in [1.82, 2.24) is 3.11 Å². The van der Waals surface area contributed by atoms with E-state index in [1.165, 1.54) is 0 Å². The first-order valence-electron chi connectivity index (χ1n) is 2.62. The van der Waals surface area contributed by atoms with Crippen molar-refractivity contribution in [2.75, 3.05) is 13.1 Å². The summed E-state index contributed by atoms with van der Waals surface area (Å²) in [6, 6.07) is 0. The molecule has 8 heavy (non-hydrogen) atoms. The van der Waals surface area contributed by atoms with Crippen molar-refractivity contribution in [2.24, 2.45) is 0 Å². The van der Waals surface area contributed by atoms with Gasteiger partial charge in [0.2, 0.25) is 0 Å². The van der Waals surface area contributed by atoms with Crippen LogP contribution in [0.4, 0.5) is 0 Å². The fourth-order valence-electron chi connectivity index (χ4n) is 0.582. The van der Waals surface area contributed by atoms with Crippen LogP contribution in [0.1, 0.15) is 0 Å². The van der Waals surface area contributed by atoms with Crippen LogP contribution in [0.3, 0.4) is 0 Å². The van der Waals surface area contributed by atoms with E-state index in [1.807, 2.05) is 0 Å². The fraction of sp³-hybridized carbons (Fsp3) is 0.333. The van der Waals surface area contributed by atoms with Gasteiger partial charge >= 0.3 is 0 Å². The van der Waals surface area contributed by atoms with Gasteiger partial charge in [0, 0.05) is 36.0 Å². The Labute approximate surface area is 63.6 Å². The predicted molar refractivity (Wildman–Crippen MR) is 43.9 cm³/mol. The zero-order chi connectivity index (χ0) is 5.82. The molecule has 2 heteroatoms. The number of hydrogen-bond acceptors (Lipinski definition) is 1. The van der Waals surface area contributed by atoms with E-state index in [9.17, 15) is 0 Å². The molecule has 1 aliphatic heterocycles. The third kappa shape index (κ3) is 1.96. The molecule has 44 valence electrons. The smallest absolute Gasteiger partial charge is 0.0268 e. The first-order chi connectivity index (χ1) is 3.89. The van der Waals surface area contributed by atoms with E-state index in [2.05, 4.69) is 50.3 Å². The average Bonchev–Trinajstić information content (AvgIpc) is 1.94. The number of allylic oxidation sites excluding steroid dienone is 2. The highest BCUT2D eigenvalue weighted by Gasteiger charge is 1.93. The molecule has 1 nitrogen and oxygen atoms in total. The molecular formula is C6H8IN. The maximum atomic E-state index is 2.31. The van der Waals surface area contributed by atoms with Crippen LogP contribution in [0.2, 0.25) is 0 Å². The van der Waals surface area contributed by atoms with Crippen molar-refractivity contribution < 1.29 is 0 Å². The minimum Gasteiger partial charge on any atom is -0.240 e. The van der Waals surface area contributed by atoms with E-state index in [0.29, 0.717) is 0 Å². The Kier molecular flexibility index (Phi) is 2.55. The van der Waals surface area contributed by atoms with Crippen molar-refractivity contribution in [3.05, 3.63) is 24.3 Å². The average molecular weight is 221 g/mol. The van der Waals surface area contributed by atoms with Gasteiger partial charge in [-0.05, 0) is 0 Å². The Morgan fingerprint density at radius 1 is 1.12 bits per heavy atom. The maximum absolute atomic E-state index is 2.31. The van der Waals surface area contributed by atoms with Crippen molar-refractivity contribution >= 4 is 22.9 Å². The molecule has 0 bridgehead atoms. The van der Waals surface area contributed by atoms with Gasteiger partial charge < -0.3 is 0 Å². The molecule has 0 unspecified atom stereocenters. The van der Waals surface area contributed by atoms with E-state index < -0.39 is 0 Å². The summed E-state index contributed by atoms with van der Waals surface area (Å²) in [5.74, 6) is 0. The summed E-state index contributed by atoms with van der Waals surface area (Å²) >= 11 is 2.31. The zero-order valence-corrected chi connectivity index (χ0v) is 6.71. The monoisotopic (exact) mass is 221 g/mol. The van der Waals surface area contributed by atoms with Crippen LogP contribution in [0.25, 0.3) is 0 Å². The van der Waals surface area contributed by atoms with Crippen LogP contribution >= 0.6 is 22.9 Å². The summed E-state index contributed by atoms with van der Waals surface area (Å²) in [7, 11) is 0.